The predicted molar refractivity (Wildman–Crippen MR) is 68.5 cm³/mol. The molecule has 2 aromatic rings. The van der Waals surface area contributed by atoms with Crippen LogP contribution < -0.4 is 4.90 Å². The predicted octanol–water partition coefficient (Wildman–Crippen LogP) is 3.53. The van der Waals surface area contributed by atoms with Crippen LogP contribution in [0.5, 0.6) is 0 Å². The monoisotopic (exact) mass is 273 g/mol. The minimum atomic E-state index is -0.459. The largest absolute Gasteiger partial charge is 0.359 e. The van der Waals surface area contributed by atoms with E-state index in [0.29, 0.717) is 22.8 Å². The van der Waals surface area contributed by atoms with E-state index in [1.165, 1.54) is 12.1 Å². The molecule has 2 rings (SSSR count). The third-order valence-corrected chi connectivity index (χ3v) is 3.02. The van der Waals surface area contributed by atoms with E-state index in [2.05, 4.69) is 9.97 Å². The molecule has 17 heavy (non-hydrogen) atoms. The van der Waals surface area contributed by atoms with Crippen LogP contribution in [0.25, 0.3) is 10.9 Å². The van der Waals surface area contributed by atoms with Crippen LogP contribution in [0.2, 0.25) is 10.3 Å². The van der Waals surface area contributed by atoms with Gasteiger partial charge < -0.3 is 4.90 Å². The van der Waals surface area contributed by atoms with Crippen molar-refractivity contribution in [3.63, 3.8) is 0 Å². The van der Waals surface area contributed by atoms with Crippen molar-refractivity contribution >= 4 is 39.9 Å². The molecule has 0 amide bonds. The topological polar surface area (TPSA) is 29.0 Å². The summed E-state index contributed by atoms with van der Waals surface area (Å²) in [7, 11) is 1.83. The van der Waals surface area contributed by atoms with Gasteiger partial charge in [-0.25, -0.2) is 9.37 Å². The molecule has 0 N–H and O–H groups in total. The van der Waals surface area contributed by atoms with Gasteiger partial charge in [-0.2, -0.15) is 4.98 Å². The minimum Gasteiger partial charge on any atom is -0.359 e. The van der Waals surface area contributed by atoms with Crippen molar-refractivity contribution in [1.29, 1.82) is 0 Å². The quantitative estimate of drug-likeness (QED) is 0.784. The maximum Gasteiger partial charge on any atom is 0.225 e. The van der Waals surface area contributed by atoms with Gasteiger partial charge in [0.05, 0.1) is 10.4 Å². The van der Waals surface area contributed by atoms with Crippen LogP contribution in [-0.4, -0.2) is 23.6 Å². The van der Waals surface area contributed by atoms with E-state index in [4.69, 9.17) is 23.2 Å². The van der Waals surface area contributed by atoms with E-state index in [0.717, 1.165) is 0 Å². The van der Waals surface area contributed by atoms with Crippen molar-refractivity contribution in [2.75, 3.05) is 18.5 Å². The smallest absolute Gasteiger partial charge is 0.225 e. The van der Waals surface area contributed by atoms with Crippen molar-refractivity contribution in [2.45, 2.75) is 6.92 Å². The Morgan fingerprint density at radius 2 is 2.00 bits per heavy atom. The molecule has 0 fully saturated rings. The summed E-state index contributed by atoms with van der Waals surface area (Å²) in [4.78, 5) is 9.82. The molecule has 0 radical (unpaired) electrons. The number of fused-ring (bicyclic) bond motifs is 1. The zero-order chi connectivity index (χ0) is 12.6. The van der Waals surface area contributed by atoms with Crippen LogP contribution in [0.4, 0.5) is 10.2 Å². The Labute approximate surface area is 108 Å². The molecule has 3 nitrogen and oxygen atoms in total. The van der Waals surface area contributed by atoms with Crippen molar-refractivity contribution < 1.29 is 4.39 Å². The fourth-order valence-corrected chi connectivity index (χ4v) is 1.95. The van der Waals surface area contributed by atoms with E-state index >= 15 is 0 Å². The van der Waals surface area contributed by atoms with Gasteiger partial charge >= 0.3 is 0 Å². The van der Waals surface area contributed by atoms with Crippen LogP contribution in [0.3, 0.4) is 0 Å². The Hall–Kier alpha value is -1.13. The first-order chi connectivity index (χ1) is 8.04. The molecule has 0 unspecified atom stereocenters. The number of nitrogens with zero attached hydrogens (tertiary/aromatic N) is 3. The zero-order valence-electron chi connectivity index (χ0n) is 9.34. The lowest BCUT2D eigenvalue weighted by Crippen LogP contribution is -2.18. The minimum absolute atomic E-state index is 0.00830. The van der Waals surface area contributed by atoms with Gasteiger partial charge in [0, 0.05) is 13.6 Å². The third kappa shape index (κ3) is 2.15. The number of halogens is 3. The fourth-order valence-electron chi connectivity index (χ4n) is 1.55. The average Bonchev–Trinajstić information content (AvgIpc) is 2.32. The molecule has 1 aromatic carbocycles. The lowest BCUT2D eigenvalue weighted by Gasteiger charge is -2.18. The van der Waals surface area contributed by atoms with Crippen molar-refractivity contribution in [2.24, 2.45) is 0 Å². The van der Waals surface area contributed by atoms with Crippen molar-refractivity contribution in [3.8, 4) is 0 Å². The molecule has 0 aliphatic heterocycles. The number of anilines is 1. The van der Waals surface area contributed by atoms with Crippen LogP contribution in [0.15, 0.2) is 12.1 Å². The molecule has 1 aromatic heterocycles. The molecule has 6 heteroatoms. The van der Waals surface area contributed by atoms with Crippen LogP contribution >= 0.6 is 23.2 Å². The highest BCUT2D eigenvalue weighted by atomic mass is 35.5. The summed E-state index contributed by atoms with van der Waals surface area (Å²) in [6.07, 6.45) is 0. The molecule has 1 heterocycles. The average molecular weight is 274 g/mol. The van der Waals surface area contributed by atoms with Crippen LogP contribution in [-0.2, 0) is 0 Å². The Morgan fingerprint density at radius 3 is 2.65 bits per heavy atom. The van der Waals surface area contributed by atoms with E-state index in [9.17, 15) is 4.39 Å². The number of hydrogen-bond acceptors (Lipinski definition) is 3. The first kappa shape index (κ1) is 12.3. The molecule has 0 saturated carbocycles. The van der Waals surface area contributed by atoms with Gasteiger partial charge in [-0.15, -0.1) is 0 Å². The van der Waals surface area contributed by atoms with Gasteiger partial charge in [-0.05, 0) is 30.7 Å². The summed E-state index contributed by atoms with van der Waals surface area (Å²) in [5.41, 5.74) is 0.146. The second kappa shape index (κ2) is 4.63. The molecule has 0 aliphatic rings. The molecule has 0 atom stereocenters. The fraction of sp³-hybridized carbons (Fsp3) is 0.273. The first-order valence-electron chi connectivity index (χ1n) is 5.07. The Balaban J connectivity index is 2.87. The Morgan fingerprint density at radius 1 is 1.29 bits per heavy atom. The summed E-state index contributed by atoms with van der Waals surface area (Å²) < 4.78 is 13.7. The Bertz CT molecular complexity index is 574. The van der Waals surface area contributed by atoms with E-state index < -0.39 is 5.82 Å². The Kier molecular flexibility index (Phi) is 3.35. The molecular weight excluding hydrogens is 264 g/mol. The lowest BCUT2D eigenvalue weighted by atomic mass is 10.2. The van der Waals surface area contributed by atoms with E-state index in [-0.39, 0.29) is 10.8 Å². The summed E-state index contributed by atoms with van der Waals surface area (Å²) in [5.74, 6) is 0.0754. The second-order valence-corrected chi connectivity index (χ2v) is 4.33. The molecule has 0 aliphatic carbocycles. The molecule has 0 saturated heterocycles. The van der Waals surface area contributed by atoms with Gasteiger partial charge in [-0.1, -0.05) is 11.6 Å². The number of hydrogen-bond donors (Lipinski definition) is 0. The first-order valence-corrected chi connectivity index (χ1v) is 5.82. The van der Waals surface area contributed by atoms with Crippen LogP contribution in [0.1, 0.15) is 6.92 Å². The number of rotatable bonds is 2. The highest BCUT2D eigenvalue weighted by Gasteiger charge is 2.15. The SMILES string of the molecule is CCN(C)c1nc(Cl)nc2c(F)ccc(Cl)c12. The van der Waals surface area contributed by atoms with Crippen LogP contribution in [0, 0.1) is 5.82 Å². The van der Waals surface area contributed by atoms with Crippen molar-refractivity contribution in [1.82, 2.24) is 9.97 Å². The van der Waals surface area contributed by atoms with Gasteiger partial charge in [0.1, 0.15) is 17.2 Å². The lowest BCUT2D eigenvalue weighted by molar-refractivity contribution is 0.636. The van der Waals surface area contributed by atoms with Gasteiger partial charge in [-0.3, -0.25) is 0 Å². The summed E-state index contributed by atoms with van der Waals surface area (Å²) in [5, 5.41) is 0.905. The summed E-state index contributed by atoms with van der Waals surface area (Å²) in [6.45, 7) is 2.66. The van der Waals surface area contributed by atoms with E-state index in [1.54, 1.807) is 0 Å². The molecule has 0 bridgehead atoms. The summed E-state index contributed by atoms with van der Waals surface area (Å²) >= 11 is 11.9. The van der Waals surface area contributed by atoms with Gasteiger partial charge in [0.2, 0.25) is 5.28 Å². The maximum absolute atomic E-state index is 13.7. The standard InChI is InChI=1S/C11H10Cl2FN3/c1-3-17(2)10-8-6(12)4-5-7(14)9(8)15-11(13)16-10/h4-5H,3H2,1-2H3. The van der Waals surface area contributed by atoms with Gasteiger partial charge in [0.25, 0.3) is 0 Å². The highest BCUT2D eigenvalue weighted by Crippen LogP contribution is 2.32. The second-order valence-electron chi connectivity index (χ2n) is 3.58. The number of benzene rings is 1. The van der Waals surface area contributed by atoms with Crippen molar-refractivity contribution in [3.05, 3.63) is 28.3 Å². The molecule has 90 valence electrons. The zero-order valence-corrected chi connectivity index (χ0v) is 10.8. The normalized spacial score (nSPS) is 10.9. The number of aromatic nitrogens is 2. The molecule has 0 spiro atoms. The summed E-state index contributed by atoms with van der Waals surface area (Å²) in [6, 6.07) is 2.76. The van der Waals surface area contributed by atoms with Gasteiger partial charge in [0.15, 0.2) is 0 Å². The third-order valence-electron chi connectivity index (χ3n) is 2.54. The highest BCUT2D eigenvalue weighted by molar-refractivity contribution is 6.36. The molecular formula is C11H10Cl2FN3. The maximum atomic E-state index is 13.7. The van der Waals surface area contributed by atoms with E-state index in [1.807, 2.05) is 18.9 Å².